The molecule has 4 heteroatoms. The van der Waals surface area contributed by atoms with Gasteiger partial charge < -0.3 is 19.3 Å². The fourth-order valence-electron chi connectivity index (χ4n) is 1.67. The average Bonchev–Trinajstić information content (AvgIpc) is 2.27. The molecule has 0 amide bonds. The Balaban J connectivity index is 3.42. The van der Waals surface area contributed by atoms with Crippen LogP contribution in [-0.4, -0.2) is 25.9 Å². The normalized spacial score (nSPS) is 11.2. The number of benzene rings is 1. The highest BCUT2D eigenvalue weighted by Crippen LogP contribution is 2.43. The SMILES string of the molecule is CCOc1c(C(C)(C)O)ccc(OC)c1OC. The Kier molecular flexibility index (Phi) is 4.23. The highest BCUT2D eigenvalue weighted by atomic mass is 16.5. The van der Waals surface area contributed by atoms with Gasteiger partial charge >= 0.3 is 0 Å². The predicted molar refractivity (Wildman–Crippen MR) is 66.0 cm³/mol. The van der Waals surface area contributed by atoms with Crippen molar-refractivity contribution >= 4 is 0 Å². The zero-order valence-corrected chi connectivity index (χ0v) is 11.0. The third-order valence-electron chi connectivity index (χ3n) is 2.45. The third-order valence-corrected chi connectivity index (χ3v) is 2.45. The second-order valence-corrected chi connectivity index (χ2v) is 4.17. The molecule has 0 bridgehead atoms. The van der Waals surface area contributed by atoms with Crippen LogP contribution in [0.5, 0.6) is 17.2 Å². The summed E-state index contributed by atoms with van der Waals surface area (Å²) in [6.07, 6.45) is 0. The van der Waals surface area contributed by atoms with Crippen LogP contribution in [0.1, 0.15) is 26.3 Å². The van der Waals surface area contributed by atoms with Gasteiger partial charge in [0, 0.05) is 5.56 Å². The van der Waals surface area contributed by atoms with Gasteiger partial charge in [-0.1, -0.05) is 0 Å². The van der Waals surface area contributed by atoms with E-state index in [1.54, 1.807) is 40.2 Å². The van der Waals surface area contributed by atoms with E-state index >= 15 is 0 Å². The number of methoxy groups -OCH3 is 2. The van der Waals surface area contributed by atoms with E-state index in [1.165, 1.54) is 0 Å². The van der Waals surface area contributed by atoms with Crippen molar-refractivity contribution in [3.05, 3.63) is 17.7 Å². The molecule has 1 N–H and O–H groups in total. The molecule has 0 heterocycles. The summed E-state index contributed by atoms with van der Waals surface area (Å²) in [7, 11) is 3.12. The number of rotatable bonds is 5. The van der Waals surface area contributed by atoms with E-state index < -0.39 is 5.60 Å². The first-order chi connectivity index (χ1) is 7.95. The van der Waals surface area contributed by atoms with E-state index in [0.717, 1.165) is 0 Å². The molecule has 0 aliphatic rings. The number of ether oxygens (including phenoxy) is 3. The third kappa shape index (κ3) is 2.82. The summed E-state index contributed by atoms with van der Waals surface area (Å²) < 4.78 is 16.1. The summed E-state index contributed by atoms with van der Waals surface area (Å²) in [5.74, 6) is 1.62. The van der Waals surface area contributed by atoms with Gasteiger partial charge in [-0.2, -0.15) is 0 Å². The molecular weight excluding hydrogens is 220 g/mol. The first-order valence-corrected chi connectivity index (χ1v) is 5.56. The van der Waals surface area contributed by atoms with Crippen molar-refractivity contribution < 1.29 is 19.3 Å². The zero-order valence-electron chi connectivity index (χ0n) is 11.0. The van der Waals surface area contributed by atoms with E-state index in [0.29, 0.717) is 29.4 Å². The van der Waals surface area contributed by atoms with Crippen LogP contribution in [0.2, 0.25) is 0 Å². The first kappa shape index (κ1) is 13.6. The molecule has 0 aliphatic heterocycles. The van der Waals surface area contributed by atoms with Gasteiger partial charge in [0.25, 0.3) is 0 Å². The van der Waals surface area contributed by atoms with Crippen LogP contribution >= 0.6 is 0 Å². The second kappa shape index (κ2) is 5.27. The molecule has 4 nitrogen and oxygen atoms in total. The Morgan fingerprint density at radius 1 is 1.12 bits per heavy atom. The summed E-state index contributed by atoms with van der Waals surface area (Å²) in [5, 5.41) is 10.1. The molecule has 0 saturated heterocycles. The van der Waals surface area contributed by atoms with Crippen LogP contribution in [0, 0.1) is 0 Å². The van der Waals surface area contributed by atoms with Gasteiger partial charge in [-0.3, -0.25) is 0 Å². The maximum atomic E-state index is 10.1. The van der Waals surface area contributed by atoms with Gasteiger partial charge in [0.2, 0.25) is 5.75 Å². The van der Waals surface area contributed by atoms with Gasteiger partial charge in [0.15, 0.2) is 11.5 Å². The lowest BCUT2D eigenvalue weighted by atomic mass is 9.96. The second-order valence-electron chi connectivity index (χ2n) is 4.17. The van der Waals surface area contributed by atoms with Gasteiger partial charge in [-0.15, -0.1) is 0 Å². The molecule has 17 heavy (non-hydrogen) atoms. The maximum absolute atomic E-state index is 10.1. The summed E-state index contributed by atoms with van der Waals surface area (Å²) >= 11 is 0. The first-order valence-electron chi connectivity index (χ1n) is 5.56. The van der Waals surface area contributed by atoms with Crippen LogP contribution < -0.4 is 14.2 Å². The van der Waals surface area contributed by atoms with Gasteiger partial charge in [-0.25, -0.2) is 0 Å². The van der Waals surface area contributed by atoms with Crippen LogP contribution in [-0.2, 0) is 5.60 Å². The molecule has 1 aromatic carbocycles. The topological polar surface area (TPSA) is 47.9 Å². The Morgan fingerprint density at radius 3 is 2.18 bits per heavy atom. The van der Waals surface area contributed by atoms with Crippen LogP contribution in [0.15, 0.2) is 12.1 Å². The minimum absolute atomic E-state index is 0.493. The van der Waals surface area contributed by atoms with E-state index in [1.807, 2.05) is 6.92 Å². The molecule has 0 saturated carbocycles. The lowest BCUT2D eigenvalue weighted by Crippen LogP contribution is -2.17. The van der Waals surface area contributed by atoms with Crippen molar-refractivity contribution in [3.63, 3.8) is 0 Å². The highest BCUT2D eigenvalue weighted by molar-refractivity contribution is 5.57. The molecule has 1 rings (SSSR count). The van der Waals surface area contributed by atoms with Crippen LogP contribution in [0.25, 0.3) is 0 Å². The molecular formula is C13H20O4. The Labute approximate surface area is 102 Å². The van der Waals surface area contributed by atoms with E-state index in [-0.39, 0.29) is 0 Å². The number of hydrogen-bond acceptors (Lipinski definition) is 4. The van der Waals surface area contributed by atoms with Crippen molar-refractivity contribution in [1.29, 1.82) is 0 Å². The molecule has 0 fully saturated rings. The predicted octanol–water partition coefficient (Wildman–Crippen LogP) is 2.33. The molecule has 0 aliphatic carbocycles. The average molecular weight is 240 g/mol. The minimum Gasteiger partial charge on any atom is -0.493 e. The summed E-state index contributed by atoms with van der Waals surface area (Å²) in [6, 6.07) is 3.54. The molecule has 1 aromatic rings. The fraction of sp³-hybridized carbons (Fsp3) is 0.538. The minimum atomic E-state index is -0.996. The van der Waals surface area contributed by atoms with Crippen molar-refractivity contribution in [2.75, 3.05) is 20.8 Å². The standard InChI is InChI=1S/C13H20O4/c1-6-17-11-9(13(2,3)14)7-8-10(15-4)12(11)16-5/h7-8,14H,6H2,1-5H3. The maximum Gasteiger partial charge on any atom is 0.203 e. The van der Waals surface area contributed by atoms with Gasteiger partial charge in [0.1, 0.15) is 0 Å². The van der Waals surface area contributed by atoms with Crippen molar-refractivity contribution in [2.45, 2.75) is 26.4 Å². The number of aliphatic hydroxyl groups is 1. The molecule has 96 valence electrons. The molecule has 0 radical (unpaired) electrons. The van der Waals surface area contributed by atoms with E-state index in [9.17, 15) is 5.11 Å². The summed E-state index contributed by atoms with van der Waals surface area (Å²) in [6.45, 7) is 5.78. The highest BCUT2D eigenvalue weighted by Gasteiger charge is 2.26. The van der Waals surface area contributed by atoms with E-state index in [4.69, 9.17) is 14.2 Å². The van der Waals surface area contributed by atoms with Gasteiger partial charge in [0.05, 0.1) is 26.4 Å². The van der Waals surface area contributed by atoms with E-state index in [2.05, 4.69) is 0 Å². The number of hydrogen-bond donors (Lipinski definition) is 1. The van der Waals surface area contributed by atoms with Crippen molar-refractivity contribution in [1.82, 2.24) is 0 Å². The molecule has 0 aromatic heterocycles. The van der Waals surface area contributed by atoms with Crippen LogP contribution in [0.3, 0.4) is 0 Å². The zero-order chi connectivity index (χ0) is 13.1. The van der Waals surface area contributed by atoms with Gasteiger partial charge in [-0.05, 0) is 32.9 Å². The fourth-order valence-corrected chi connectivity index (χ4v) is 1.67. The summed E-state index contributed by atoms with van der Waals surface area (Å²) in [5.41, 5.74) is -0.318. The molecule has 0 unspecified atom stereocenters. The molecule has 0 atom stereocenters. The Bertz CT molecular complexity index is 380. The monoisotopic (exact) mass is 240 g/mol. The molecule has 0 spiro atoms. The van der Waals surface area contributed by atoms with Crippen molar-refractivity contribution in [2.24, 2.45) is 0 Å². The van der Waals surface area contributed by atoms with Crippen molar-refractivity contribution in [3.8, 4) is 17.2 Å². The quantitative estimate of drug-likeness (QED) is 0.858. The lowest BCUT2D eigenvalue weighted by Gasteiger charge is -2.24. The summed E-state index contributed by atoms with van der Waals surface area (Å²) in [4.78, 5) is 0. The lowest BCUT2D eigenvalue weighted by molar-refractivity contribution is 0.0742. The Morgan fingerprint density at radius 2 is 1.76 bits per heavy atom. The smallest absolute Gasteiger partial charge is 0.203 e. The Hall–Kier alpha value is -1.42. The largest absolute Gasteiger partial charge is 0.493 e. The van der Waals surface area contributed by atoms with Crippen LogP contribution in [0.4, 0.5) is 0 Å².